The standard InChI is InChI=1S/C17H18FNO2/c1-10-7-11(18)3-5-13(10)17-9-15(19)14-6-4-12(20-2)8-16(14)21-17/h3-8,15,17H,9,19H2,1-2H3/t15-,17?/m0/s1. The first-order chi connectivity index (χ1) is 10.1. The molecule has 0 radical (unpaired) electrons. The van der Waals surface area contributed by atoms with E-state index < -0.39 is 0 Å². The molecule has 21 heavy (non-hydrogen) atoms. The van der Waals surface area contributed by atoms with Crippen LogP contribution < -0.4 is 15.2 Å². The van der Waals surface area contributed by atoms with Crippen LogP contribution in [0.3, 0.4) is 0 Å². The Morgan fingerprint density at radius 1 is 1.19 bits per heavy atom. The minimum absolute atomic E-state index is 0.103. The van der Waals surface area contributed by atoms with Gasteiger partial charge in [0, 0.05) is 24.1 Å². The maximum absolute atomic E-state index is 13.2. The van der Waals surface area contributed by atoms with Crippen LogP contribution in [0.25, 0.3) is 0 Å². The Bertz CT molecular complexity index is 672. The van der Waals surface area contributed by atoms with Gasteiger partial charge in [-0.3, -0.25) is 0 Å². The van der Waals surface area contributed by atoms with E-state index in [2.05, 4.69) is 0 Å². The molecule has 4 heteroatoms. The van der Waals surface area contributed by atoms with Gasteiger partial charge in [-0.15, -0.1) is 0 Å². The average molecular weight is 287 g/mol. The summed E-state index contributed by atoms with van der Waals surface area (Å²) in [6, 6.07) is 10.3. The molecule has 0 saturated carbocycles. The van der Waals surface area contributed by atoms with E-state index in [0.29, 0.717) is 6.42 Å². The molecule has 0 aliphatic carbocycles. The lowest BCUT2D eigenvalue weighted by atomic mass is 9.91. The van der Waals surface area contributed by atoms with Crippen LogP contribution in [0.4, 0.5) is 4.39 Å². The number of hydrogen-bond acceptors (Lipinski definition) is 3. The Morgan fingerprint density at radius 2 is 1.95 bits per heavy atom. The van der Waals surface area contributed by atoms with E-state index in [1.54, 1.807) is 13.2 Å². The summed E-state index contributed by atoms with van der Waals surface area (Å²) < 4.78 is 24.5. The van der Waals surface area contributed by atoms with Gasteiger partial charge in [0.1, 0.15) is 23.4 Å². The third-order valence-electron chi connectivity index (χ3n) is 3.94. The molecule has 3 nitrogen and oxygen atoms in total. The Balaban J connectivity index is 1.96. The van der Waals surface area contributed by atoms with E-state index in [9.17, 15) is 4.39 Å². The van der Waals surface area contributed by atoms with Gasteiger partial charge in [0.05, 0.1) is 7.11 Å². The monoisotopic (exact) mass is 287 g/mol. The van der Waals surface area contributed by atoms with Crippen LogP contribution in [0.15, 0.2) is 36.4 Å². The second kappa shape index (κ2) is 5.37. The molecule has 2 aromatic carbocycles. The largest absolute Gasteiger partial charge is 0.497 e. The van der Waals surface area contributed by atoms with Gasteiger partial charge in [0.15, 0.2) is 0 Å². The Labute approximate surface area is 123 Å². The molecule has 1 aliphatic rings. The molecule has 110 valence electrons. The fourth-order valence-electron chi connectivity index (χ4n) is 2.80. The number of aryl methyl sites for hydroxylation is 1. The Hall–Kier alpha value is -2.07. The van der Waals surface area contributed by atoms with Crippen LogP contribution in [0, 0.1) is 12.7 Å². The summed E-state index contributed by atoms with van der Waals surface area (Å²) >= 11 is 0. The Kier molecular flexibility index (Phi) is 3.55. The van der Waals surface area contributed by atoms with Crippen molar-refractivity contribution >= 4 is 0 Å². The third-order valence-corrected chi connectivity index (χ3v) is 3.94. The number of nitrogens with two attached hydrogens (primary N) is 1. The molecule has 0 saturated heterocycles. The lowest BCUT2D eigenvalue weighted by Gasteiger charge is -2.31. The van der Waals surface area contributed by atoms with Crippen molar-refractivity contribution in [1.29, 1.82) is 0 Å². The zero-order valence-corrected chi connectivity index (χ0v) is 12.1. The second-order valence-electron chi connectivity index (χ2n) is 5.35. The number of hydrogen-bond donors (Lipinski definition) is 1. The zero-order valence-electron chi connectivity index (χ0n) is 12.1. The van der Waals surface area contributed by atoms with Crippen molar-refractivity contribution in [2.24, 2.45) is 5.73 Å². The van der Waals surface area contributed by atoms with Crippen LogP contribution in [-0.2, 0) is 0 Å². The molecule has 2 N–H and O–H groups in total. The molecule has 1 aliphatic heterocycles. The smallest absolute Gasteiger partial charge is 0.128 e. The summed E-state index contributed by atoms with van der Waals surface area (Å²) in [7, 11) is 1.62. The molecule has 3 rings (SSSR count). The fraction of sp³-hybridized carbons (Fsp3) is 0.294. The molecule has 0 bridgehead atoms. The van der Waals surface area contributed by atoms with E-state index in [1.807, 2.05) is 25.1 Å². The number of ether oxygens (including phenoxy) is 2. The van der Waals surface area contributed by atoms with Crippen LogP contribution in [-0.4, -0.2) is 7.11 Å². The summed E-state index contributed by atoms with van der Waals surface area (Å²) in [5.41, 5.74) is 9.08. The normalized spacial score (nSPS) is 20.6. The summed E-state index contributed by atoms with van der Waals surface area (Å²) in [6.07, 6.45) is 0.506. The number of benzene rings is 2. The van der Waals surface area contributed by atoms with Crippen molar-refractivity contribution < 1.29 is 13.9 Å². The van der Waals surface area contributed by atoms with Gasteiger partial charge in [-0.1, -0.05) is 12.1 Å². The van der Waals surface area contributed by atoms with Gasteiger partial charge in [0.25, 0.3) is 0 Å². The summed E-state index contributed by atoms with van der Waals surface area (Å²) in [5.74, 6) is 1.23. The van der Waals surface area contributed by atoms with Gasteiger partial charge in [-0.2, -0.15) is 0 Å². The van der Waals surface area contributed by atoms with Crippen LogP contribution in [0.1, 0.15) is 35.3 Å². The first kappa shape index (κ1) is 13.9. The van der Waals surface area contributed by atoms with Crippen molar-refractivity contribution in [3.8, 4) is 11.5 Å². The van der Waals surface area contributed by atoms with Gasteiger partial charge in [-0.25, -0.2) is 4.39 Å². The van der Waals surface area contributed by atoms with Crippen LogP contribution in [0.5, 0.6) is 11.5 Å². The highest BCUT2D eigenvalue weighted by Gasteiger charge is 2.28. The van der Waals surface area contributed by atoms with Crippen molar-refractivity contribution in [2.75, 3.05) is 7.11 Å². The first-order valence-electron chi connectivity index (χ1n) is 6.94. The van der Waals surface area contributed by atoms with Gasteiger partial charge < -0.3 is 15.2 Å². The molecule has 1 unspecified atom stereocenters. The summed E-state index contributed by atoms with van der Waals surface area (Å²) in [5, 5.41) is 0. The predicted molar refractivity (Wildman–Crippen MR) is 79.0 cm³/mol. The highest BCUT2D eigenvalue weighted by atomic mass is 19.1. The molecule has 2 atom stereocenters. The molecule has 0 amide bonds. The molecule has 2 aromatic rings. The molecular formula is C17H18FNO2. The minimum atomic E-state index is -0.238. The van der Waals surface area contributed by atoms with Gasteiger partial charge in [-0.05, 0) is 36.2 Å². The highest BCUT2D eigenvalue weighted by Crippen LogP contribution is 2.41. The van der Waals surface area contributed by atoms with E-state index in [0.717, 1.165) is 28.2 Å². The van der Waals surface area contributed by atoms with Gasteiger partial charge in [0.2, 0.25) is 0 Å². The predicted octanol–water partition coefficient (Wildman–Crippen LogP) is 3.67. The molecule has 0 aromatic heterocycles. The fourth-order valence-corrected chi connectivity index (χ4v) is 2.80. The van der Waals surface area contributed by atoms with Crippen molar-refractivity contribution in [3.05, 3.63) is 58.9 Å². The summed E-state index contributed by atoms with van der Waals surface area (Å²) in [4.78, 5) is 0. The number of methoxy groups -OCH3 is 1. The Morgan fingerprint density at radius 3 is 2.67 bits per heavy atom. The second-order valence-corrected chi connectivity index (χ2v) is 5.35. The van der Waals surface area contributed by atoms with Gasteiger partial charge >= 0.3 is 0 Å². The maximum atomic E-state index is 13.2. The average Bonchev–Trinajstić information content (AvgIpc) is 2.46. The molecule has 0 fully saturated rings. The maximum Gasteiger partial charge on any atom is 0.128 e. The third kappa shape index (κ3) is 2.59. The molecule has 1 heterocycles. The number of fused-ring (bicyclic) bond motifs is 1. The van der Waals surface area contributed by atoms with Crippen molar-refractivity contribution in [1.82, 2.24) is 0 Å². The van der Waals surface area contributed by atoms with E-state index in [1.165, 1.54) is 12.1 Å². The molecule has 0 spiro atoms. The lowest BCUT2D eigenvalue weighted by Crippen LogP contribution is -2.24. The minimum Gasteiger partial charge on any atom is -0.497 e. The van der Waals surface area contributed by atoms with Crippen LogP contribution in [0.2, 0.25) is 0 Å². The van der Waals surface area contributed by atoms with E-state index in [4.69, 9.17) is 15.2 Å². The topological polar surface area (TPSA) is 44.5 Å². The summed E-state index contributed by atoms with van der Waals surface area (Å²) in [6.45, 7) is 1.88. The lowest BCUT2D eigenvalue weighted by molar-refractivity contribution is 0.160. The van der Waals surface area contributed by atoms with Crippen LogP contribution >= 0.6 is 0 Å². The SMILES string of the molecule is COc1ccc2c(c1)OC(c1ccc(F)cc1C)C[C@@H]2N. The van der Waals surface area contributed by atoms with Crippen molar-refractivity contribution in [2.45, 2.75) is 25.5 Å². The van der Waals surface area contributed by atoms with E-state index in [-0.39, 0.29) is 18.0 Å². The number of rotatable bonds is 2. The van der Waals surface area contributed by atoms with E-state index >= 15 is 0 Å². The zero-order chi connectivity index (χ0) is 15.0. The quantitative estimate of drug-likeness (QED) is 0.916. The highest BCUT2D eigenvalue weighted by molar-refractivity contribution is 5.45. The van der Waals surface area contributed by atoms with Crippen molar-refractivity contribution in [3.63, 3.8) is 0 Å². The number of halogens is 1. The first-order valence-corrected chi connectivity index (χ1v) is 6.94. The molecular weight excluding hydrogens is 269 g/mol.